The number of tetrazole rings is 1. The maximum absolute atomic E-state index is 11.6. The summed E-state index contributed by atoms with van der Waals surface area (Å²) >= 11 is 0. The summed E-state index contributed by atoms with van der Waals surface area (Å²) in [4.78, 5) is 2.00. The second-order valence-corrected chi connectivity index (χ2v) is 7.36. The van der Waals surface area contributed by atoms with E-state index < -0.39 is 10.0 Å². The fraction of sp³-hybridized carbons (Fsp3) is 0.462. The third kappa shape index (κ3) is 2.95. The van der Waals surface area contributed by atoms with Gasteiger partial charge in [0.1, 0.15) is 0 Å². The van der Waals surface area contributed by atoms with Gasteiger partial charge in [0.25, 0.3) is 0 Å². The molecule has 1 saturated heterocycles. The van der Waals surface area contributed by atoms with E-state index in [-0.39, 0.29) is 0 Å². The molecule has 2 aromatic rings. The monoisotopic (exact) mass is 322 g/mol. The molecule has 118 valence electrons. The van der Waals surface area contributed by atoms with Crippen molar-refractivity contribution in [2.24, 2.45) is 0 Å². The first-order chi connectivity index (χ1) is 10.4. The Bertz CT molecular complexity index is 747. The lowest BCUT2D eigenvalue weighted by molar-refractivity contribution is 0.385. The molecule has 1 aliphatic rings. The highest BCUT2D eigenvalue weighted by molar-refractivity contribution is 7.88. The highest BCUT2D eigenvalue weighted by Gasteiger charge is 2.26. The maximum Gasteiger partial charge on any atom is 0.250 e. The molecule has 0 spiro atoms. The van der Waals surface area contributed by atoms with E-state index in [1.807, 2.05) is 36.1 Å². The Hall–Kier alpha value is -2.00. The Kier molecular flexibility index (Phi) is 3.83. The molecule has 0 N–H and O–H groups in total. The highest BCUT2D eigenvalue weighted by atomic mass is 32.2. The molecule has 3 rings (SSSR count). The smallest absolute Gasteiger partial charge is 0.250 e. The van der Waals surface area contributed by atoms with Gasteiger partial charge in [-0.25, -0.2) is 8.42 Å². The van der Waals surface area contributed by atoms with Crippen molar-refractivity contribution in [2.45, 2.75) is 6.92 Å². The van der Waals surface area contributed by atoms with Crippen molar-refractivity contribution < 1.29 is 8.42 Å². The number of benzene rings is 1. The normalized spacial score (nSPS) is 16.9. The number of hydrogen-bond acceptors (Lipinski definition) is 6. The van der Waals surface area contributed by atoms with Gasteiger partial charge in [-0.1, -0.05) is 22.8 Å². The van der Waals surface area contributed by atoms with E-state index in [2.05, 4.69) is 15.5 Å². The van der Waals surface area contributed by atoms with Crippen molar-refractivity contribution in [1.82, 2.24) is 24.5 Å². The Labute approximate surface area is 129 Å². The number of aromatic nitrogens is 4. The zero-order chi connectivity index (χ0) is 15.7. The fourth-order valence-electron chi connectivity index (χ4n) is 2.45. The molecule has 0 radical (unpaired) electrons. The molecule has 2 heterocycles. The zero-order valence-corrected chi connectivity index (χ0v) is 13.4. The van der Waals surface area contributed by atoms with Gasteiger partial charge in [-0.15, -0.1) is 0 Å². The van der Waals surface area contributed by atoms with Crippen molar-refractivity contribution >= 4 is 16.0 Å². The van der Waals surface area contributed by atoms with Crippen molar-refractivity contribution in [1.29, 1.82) is 0 Å². The summed E-state index contributed by atoms with van der Waals surface area (Å²) in [6.45, 7) is 4.05. The van der Waals surface area contributed by atoms with Crippen LogP contribution in [0.1, 0.15) is 5.56 Å². The summed E-state index contributed by atoms with van der Waals surface area (Å²) in [5.41, 5.74) is 2.05. The van der Waals surface area contributed by atoms with Crippen LogP contribution in [0, 0.1) is 6.92 Å². The molecule has 1 aliphatic heterocycles. The third-order valence-electron chi connectivity index (χ3n) is 3.72. The molecular weight excluding hydrogens is 304 g/mol. The molecule has 8 nitrogen and oxygen atoms in total. The van der Waals surface area contributed by atoms with Crippen LogP contribution in [-0.4, -0.2) is 65.4 Å². The number of rotatable bonds is 3. The number of anilines is 1. The Morgan fingerprint density at radius 1 is 1.05 bits per heavy atom. The Morgan fingerprint density at radius 3 is 2.27 bits per heavy atom. The number of hydrogen-bond donors (Lipinski definition) is 0. The van der Waals surface area contributed by atoms with E-state index in [1.54, 1.807) is 4.68 Å². The first-order valence-corrected chi connectivity index (χ1v) is 8.85. The first kappa shape index (κ1) is 14.9. The Balaban J connectivity index is 1.80. The maximum atomic E-state index is 11.6. The van der Waals surface area contributed by atoms with Crippen LogP contribution in [0.4, 0.5) is 5.95 Å². The Morgan fingerprint density at radius 2 is 1.68 bits per heavy atom. The van der Waals surface area contributed by atoms with E-state index in [0.29, 0.717) is 32.1 Å². The molecule has 22 heavy (non-hydrogen) atoms. The fourth-order valence-corrected chi connectivity index (χ4v) is 3.28. The average molecular weight is 322 g/mol. The number of piperazine rings is 1. The van der Waals surface area contributed by atoms with Crippen molar-refractivity contribution in [3.63, 3.8) is 0 Å². The quantitative estimate of drug-likeness (QED) is 0.794. The van der Waals surface area contributed by atoms with Crippen molar-refractivity contribution in [3.05, 3.63) is 29.8 Å². The standard InChI is InChI=1S/C13H18N6O2S/c1-11-3-5-12(6-4-11)19-13(14-15-16-19)17-7-9-18(10-8-17)22(2,20)21/h3-6H,7-10H2,1-2H3. The lowest BCUT2D eigenvalue weighted by atomic mass is 10.2. The molecule has 9 heteroatoms. The van der Waals surface area contributed by atoms with Crippen LogP contribution in [0.15, 0.2) is 24.3 Å². The number of sulfonamides is 1. The predicted octanol–water partition coefficient (Wildman–Crippen LogP) is 0.0523. The lowest BCUT2D eigenvalue weighted by Crippen LogP contribution is -2.49. The lowest BCUT2D eigenvalue weighted by Gasteiger charge is -2.33. The van der Waals surface area contributed by atoms with Crippen molar-refractivity contribution in [2.75, 3.05) is 37.3 Å². The second-order valence-electron chi connectivity index (χ2n) is 5.38. The van der Waals surface area contributed by atoms with Crippen molar-refractivity contribution in [3.8, 4) is 5.69 Å². The van der Waals surface area contributed by atoms with Crippen LogP contribution >= 0.6 is 0 Å². The van der Waals surface area contributed by atoms with Crippen LogP contribution in [0.2, 0.25) is 0 Å². The summed E-state index contributed by atoms with van der Waals surface area (Å²) in [6, 6.07) is 7.93. The molecule has 0 atom stereocenters. The van der Waals surface area contributed by atoms with Crippen LogP contribution in [-0.2, 0) is 10.0 Å². The summed E-state index contributed by atoms with van der Waals surface area (Å²) in [5.74, 6) is 0.636. The molecule has 0 unspecified atom stereocenters. The van der Waals surface area contributed by atoms with E-state index in [0.717, 1.165) is 5.69 Å². The summed E-state index contributed by atoms with van der Waals surface area (Å²) in [6.07, 6.45) is 1.24. The van der Waals surface area contributed by atoms with Gasteiger partial charge in [0.05, 0.1) is 11.9 Å². The van der Waals surface area contributed by atoms with Gasteiger partial charge in [0.2, 0.25) is 16.0 Å². The van der Waals surface area contributed by atoms with Crippen LogP contribution in [0.3, 0.4) is 0 Å². The van der Waals surface area contributed by atoms with Crippen LogP contribution in [0.25, 0.3) is 5.69 Å². The summed E-state index contributed by atoms with van der Waals surface area (Å²) in [5, 5.41) is 11.9. The van der Waals surface area contributed by atoms with Gasteiger partial charge in [-0.3, -0.25) is 0 Å². The topological polar surface area (TPSA) is 84.2 Å². The van der Waals surface area contributed by atoms with E-state index >= 15 is 0 Å². The number of nitrogens with zero attached hydrogens (tertiary/aromatic N) is 6. The van der Waals surface area contributed by atoms with Gasteiger partial charge in [-0.2, -0.15) is 8.99 Å². The highest BCUT2D eigenvalue weighted by Crippen LogP contribution is 2.18. The summed E-state index contributed by atoms with van der Waals surface area (Å²) < 4.78 is 26.3. The molecule has 0 amide bonds. The molecule has 0 bridgehead atoms. The van der Waals surface area contributed by atoms with Crippen LogP contribution in [0.5, 0.6) is 0 Å². The average Bonchev–Trinajstić information content (AvgIpc) is 2.97. The van der Waals surface area contributed by atoms with E-state index in [4.69, 9.17) is 0 Å². The van der Waals surface area contributed by atoms with Gasteiger partial charge in [0, 0.05) is 26.2 Å². The zero-order valence-electron chi connectivity index (χ0n) is 12.5. The minimum atomic E-state index is -3.14. The van der Waals surface area contributed by atoms with Gasteiger partial charge < -0.3 is 4.90 Å². The minimum Gasteiger partial charge on any atom is -0.337 e. The van der Waals surface area contributed by atoms with Crippen LogP contribution < -0.4 is 4.90 Å². The molecular formula is C13H18N6O2S. The second kappa shape index (κ2) is 5.65. The molecule has 0 saturated carbocycles. The molecule has 1 aromatic carbocycles. The van der Waals surface area contributed by atoms with Gasteiger partial charge in [-0.05, 0) is 29.5 Å². The predicted molar refractivity (Wildman–Crippen MR) is 82.5 cm³/mol. The minimum absolute atomic E-state index is 0.444. The van der Waals surface area contributed by atoms with Gasteiger partial charge in [0.15, 0.2) is 0 Å². The number of aryl methyl sites for hydroxylation is 1. The summed E-state index contributed by atoms with van der Waals surface area (Å²) in [7, 11) is -3.14. The van der Waals surface area contributed by atoms with E-state index in [9.17, 15) is 8.42 Å². The third-order valence-corrected chi connectivity index (χ3v) is 5.03. The largest absolute Gasteiger partial charge is 0.337 e. The first-order valence-electron chi connectivity index (χ1n) is 7.00. The molecule has 1 fully saturated rings. The molecule has 0 aliphatic carbocycles. The molecule has 1 aromatic heterocycles. The SMILES string of the molecule is Cc1ccc(-n2nnnc2N2CCN(S(C)(=O)=O)CC2)cc1. The van der Waals surface area contributed by atoms with E-state index in [1.165, 1.54) is 16.1 Å². The van der Waals surface area contributed by atoms with Gasteiger partial charge >= 0.3 is 0 Å².